The summed E-state index contributed by atoms with van der Waals surface area (Å²) in [5, 5.41) is 28.1. The number of phenols is 3. The number of benzene rings is 1. The minimum absolute atomic E-state index is 0.152. The Morgan fingerprint density at radius 1 is 1.13 bits per heavy atom. The molecule has 15 heavy (non-hydrogen) atoms. The summed E-state index contributed by atoms with van der Waals surface area (Å²) in [5.41, 5.74) is 6.01. The molecule has 1 aromatic carbocycles. The molecule has 0 aliphatic rings. The van der Waals surface area contributed by atoms with E-state index in [-0.39, 0.29) is 16.9 Å². The average molecular weight is 211 g/mol. The van der Waals surface area contributed by atoms with Crippen LogP contribution in [0.15, 0.2) is 12.1 Å². The van der Waals surface area contributed by atoms with Gasteiger partial charge in [-0.1, -0.05) is 19.9 Å². The first-order valence-corrected chi connectivity index (χ1v) is 4.80. The molecule has 0 unspecified atom stereocenters. The Morgan fingerprint density at radius 3 is 2.27 bits per heavy atom. The van der Waals surface area contributed by atoms with Crippen molar-refractivity contribution in [2.45, 2.75) is 20.3 Å². The Kier molecular flexibility index (Phi) is 3.09. The van der Waals surface area contributed by atoms with Crippen molar-refractivity contribution in [2.24, 2.45) is 11.1 Å². The molecule has 1 rings (SSSR count). The number of phenolic OH excluding ortho intramolecular Hbond substituents is 3. The second-order valence-electron chi connectivity index (χ2n) is 4.49. The number of hydrogen-bond acceptors (Lipinski definition) is 4. The fraction of sp³-hybridized carbons (Fsp3) is 0.455. The molecule has 4 heteroatoms. The molecule has 0 amide bonds. The van der Waals surface area contributed by atoms with E-state index in [0.717, 1.165) is 0 Å². The fourth-order valence-corrected chi connectivity index (χ4v) is 1.34. The largest absolute Gasteiger partial charge is 0.504 e. The van der Waals surface area contributed by atoms with Crippen LogP contribution >= 0.6 is 0 Å². The lowest BCUT2D eigenvalue weighted by atomic mass is 9.85. The van der Waals surface area contributed by atoms with Crippen LogP contribution in [0.25, 0.3) is 0 Å². The molecule has 0 saturated heterocycles. The van der Waals surface area contributed by atoms with Crippen molar-refractivity contribution >= 4 is 0 Å². The quantitative estimate of drug-likeness (QED) is 0.568. The van der Waals surface area contributed by atoms with Crippen LogP contribution in [0.5, 0.6) is 17.2 Å². The Morgan fingerprint density at radius 2 is 1.73 bits per heavy atom. The van der Waals surface area contributed by atoms with Gasteiger partial charge in [0, 0.05) is 0 Å². The fourth-order valence-electron chi connectivity index (χ4n) is 1.34. The molecule has 0 atom stereocenters. The van der Waals surface area contributed by atoms with E-state index in [1.54, 1.807) is 6.07 Å². The molecular weight excluding hydrogens is 194 g/mol. The lowest BCUT2D eigenvalue weighted by molar-refractivity contribution is 0.345. The van der Waals surface area contributed by atoms with Crippen molar-refractivity contribution in [2.75, 3.05) is 6.54 Å². The number of nitrogens with two attached hydrogens (primary N) is 1. The van der Waals surface area contributed by atoms with Crippen LogP contribution in [-0.4, -0.2) is 21.9 Å². The van der Waals surface area contributed by atoms with Crippen LogP contribution in [0.2, 0.25) is 0 Å². The standard InChI is InChI=1S/C11H17NO3/c1-11(2,6-12)5-7-3-4-8(13)10(15)9(7)14/h3-4,13-15H,5-6,12H2,1-2H3. The van der Waals surface area contributed by atoms with Gasteiger partial charge in [-0.15, -0.1) is 0 Å². The summed E-state index contributed by atoms with van der Waals surface area (Å²) in [5.74, 6) is -1.06. The van der Waals surface area contributed by atoms with E-state index in [1.165, 1.54) is 6.07 Å². The summed E-state index contributed by atoms with van der Waals surface area (Å²) in [6.45, 7) is 4.42. The van der Waals surface area contributed by atoms with Crippen LogP contribution in [-0.2, 0) is 6.42 Å². The molecule has 0 aliphatic carbocycles. The maximum atomic E-state index is 9.59. The first-order valence-electron chi connectivity index (χ1n) is 4.80. The zero-order valence-corrected chi connectivity index (χ0v) is 8.99. The van der Waals surface area contributed by atoms with Gasteiger partial charge in [0.2, 0.25) is 5.75 Å². The Hall–Kier alpha value is -1.42. The van der Waals surface area contributed by atoms with Gasteiger partial charge in [0.05, 0.1) is 0 Å². The van der Waals surface area contributed by atoms with E-state index >= 15 is 0 Å². The predicted octanol–water partition coefficient (Wildman–Crippen LogP) is 1.33. The number of hydrogen-bond donors (Lipinski definition) is 4. The van der Waals surface area contributed by atoms with Gasteiger partial charge in [0.15, 0.2) is 11.5 Å². The molecule has 5 N–H and O–H groups in total. The molecule has 0 radical (unpaired) electrons. The van der Waals surface area contributed by atoms with E-state index in [4.69, 9.17) is 10.8 Å². The van der Waals surface area contributed by atoms with Crippen molar-refractivity contribution in [1.82, 2.24) is 0 Å². The maximum absolute atomic E-state index is 9.59. The van der Waals surface area contributed by atoms with Crippen molar-refractivity contribution < 1.29 is 15.3 Å². The third kappa shape index (κ3) is 2.53. The van der Waals surface area contributed by atoms with Gasteiger partial charge in [0.1, 0.15) is 0 Å². The maximum Gasteiger partial charge on any atom is 0.200 e. The Balaban J connectivity index is 3.02. The summed E-state index contributed by atoms with van der Waals surface area (Å²) in [7, 11) is 0. The highest BCUT2D eigenvalue weighted by atomic mass is 16.3. The van der Waals surface area contributed by atoms with E-state index in [0.29, 0.717) is 18.5 Å². The second-order valence-corrected chi connectivity index (χ2v) is 4.49. The predicted molar refractivity (Wildman–Crippen MR) is 58.0 cm³/mol. The zero-order valence-electron chi connectivity index (χ0n) is 8.99. The van der Waals surface area contributed by atoms with Gasteiger partial charge in [-0.3, -0.25) is 0 Å². The van der Waals surface area contributed by atoms with E-state index in [9.17, 15) is 10.2 Å². The van der Waals surface area contributed by atoms with Crippen molar-refractivity contribution in [1.29, 1.82) is 0 Å². The van der Waals surface area contributed by atoms with Crippen LogP contribution in [0, 0.1) is 5.41 Å². The number of aromatic hydroxyl groups is 3. The van der Waals surface area contributed by atoms with E-state index in [1.807, 2.05) is 13.8 Å². The van der Waals surface area contributed by atoms with Gasteiger partial charge < -0.3 is 21.1 Å². The molecule has 4 nitrogen and oxygen atoms in total. The molecule has 0 aliphatic heterocycles. The average Bonchev–Trinajstić information content (AvgIpc) is 2.19. The molecule has 0 heterocycles. The molecule has 84 valence electrons. The molecule has 0 bridgehead atoms. The van der Waals surface area contributed by atoms with Crippen LogP contribution in [0.1, 0.15) is 19.4 Å². The highest BCUT2D eigenvalue weighted by Crippen LogP contribution is 2.39. The van der Waals surface area contributed by atoms with Gasteiger partial charge in [-0.25, -0.2) is 0 Å². The van der Waals surface area contributed by atoms with Gasteiger partial charge in [-0.05, 0) is 30.0 Å². The van der Waals surface area contributed by atoms with Crippen LogP contribution in [0.3, 0.4) is 0 Å². The summed E-state index contributed by atoms with van der Waals surface area (Å²) >= 11 is 0. The highest BCUT2D eigenvalue weighted by molar-refractivity contribution is 5.53. The molecule has 0 aromatic heterocycles. The smallest absolute Gasteiger partial charge is 0.200 e. The lowest BCUT2D eigenvalue weighted by Crippen LogP contribution is -2.25. The normalized spacial score (nSPS) is 11.7. The molecule has 0 saturated carbocycles. The summed E-state index contributed by atoms with van der Waals surface area (Å²) in [6, 6.07) is 2.94. The topological polar surface area (TPSA) is 86.7 Å². The first kappa shape index (κ1) is 11.7. The van der Waals surface area contributed by atoms with Crippen LogP contribution in [0.4, 0.5) is 0 Å². The monoisotopic (exact) mass is 211 g/mol. The Bertz CT molecular complexity index is 361. The zero-order chi connectivity index (χ0) is 11.6. The molecule has 0 fully saturated rings. The summed E-state index contributed by atoms with van der Waals surface area (Å²) in [6.07, 6.45) is 0.545. The molecule has 1 aromatic rings. The van der Waals surface area contributed by atoms with Gasteiger partial charge in [0.25, 0.3) is 0 Å². The summed E-state index contributed by atoms with van der Waals surface area (Å²) < 4.78 is 0. The third-order valence-electron chi connectivity index (χ3n) is 2.44. The first-order chi connectivity index (χ1) is 6.87. The minimum atomic E-state index is -0.472. The SMILES string of the molecule is CC(C)(CN)Cc1ccc(O)c(O)c1O. The number of rotatable bonds is 3. The van der Waals surface area contributed by atoms with Crippen LogP contribution < -0.4 is 5.73 Å². The van der Waals surface area contributed by atoms with Crippen molar-refractivity contribution in [3.8, 4) is 17.2 Å². The third-order valence-corrected chi connectivity index (χ3v) is 2.44. The Labute approximate surface area is 89.0 Å². The molecular formula is C11H17NO3. The second kappa shape index (κ2) is 3.98. The van der Waals surface area contributed by atoms with E-state index < -0.39 is 5.75 Å². The van der Waals surface area contributed by atoms with Crippen molar-refractivity contribution in [3.63, 3.8) is 0 Å². The van der Waals surface area contributed by atoms with Gasteiger partial charge in [-0.2, -0.15) is 0 Å². The highest BCUT2D eigenvalue weighted by Gasteiger charge is 2.20. The van der Waals surface area contributed by atoms with E-state index in [2.05, 4.69) is 0 Å². The summed E-state index contributed by atoms with van der Waals surface area (Å²) in [4.78, 5) is 0. The molecule has 0 spiro atoms. The lowest BCUT2D eigenvalue weighted by Gasteiger charge is -2.22. The minimum Gasteiger partial charge on any atom is -0.504 e. The van der Waals surface area contributed by atoms with Gasteiger partial charge >= 0.3 is 0 Å². The van der Waals surface area contributed by atoms with Crippen molar-refractivity contribution in [3.05, 3.63) is 17.7 Å².